The van der Waals surface area contributed by atoms with Crippen LogP contribution in [0.3, 0.4) is 0 Å². The molecule has 4 N–H and O–H groups in total. The smallest absolute Gasteiger partial charge is 0.407 e. The van der Waals surface area contributed by atoms with Crippen LogP contribution in [0.2, 0.25) is 0 Å². The van der Waals surface area contributed by atoms with E-state index in [1.54, 1.807) is 29.1 Å². The van der Waals surface area contributed by atoms with E-state index in [1.807, 2.05) is 67.8 Å². The number of likely N-dealkylation sites (tertiary alicyclic amines) is 2. The summed E-state index contributed by atoms with van der Waals surface area (Å²) in [6, 6.07) is 15.0. The van der Waals surface area contributed by atoms with Crippen molar-refractivity contribution in [3.63, 3.8) is 0 Å². The Morgan fingerprint density at radius 1 is 0.792 bits per heavy atom. The zero-order valence-corrected chi connectivity index (χ0v) is 41.3. The number of carbonyl (C=O) groups is 4. The van der Waals surface area contributed by atoms with Gasteiger partial charge in [0.25, 0.3) is 0 Å². The number of benzene rings is 3. The fraction of sp³-hybridized carbons (Fsp3) is 0.434. The number of carbonyl (C=O) groups excluding carboxylic acids is 4. The standard InChI is InChI=1S/C53H60FN9O9/c1-7-70-29(4)46(60-53(67)69-6)50(65)62-19-9-13-40(62)48-56-27-37(58-48)33-22-35(54)44-41-23-34-21-31(36-26-55-47(57-36)39-12-8-18-61(39)49(64)45(28(2)3)59-52(66)68-5)16-17-38(34)63(41)51(72-43(44)25-33)32-15-14-30-11-10-20-71-42(30)24-32/h14-17,21-29,39-40,45-46,51H,7-13,18-20H2,1-6H3,(H,55,57)(H,56,58)(H,59,66)(H,60,67)/t29-,39+,40+,45?,46+,51?/m1/s1. The van der Waals surface area contributed by atoms with E-state index < -0.39 is 48.5 Å². The zero-order valence-electron chi connectivity index (χ0n) is 41.3. The van der Waals surface area contributed by atoms with E-state index in [9.17, 15) is 19.2 Å². The Balaban J connectivity index is 0.975. The van der Waals surface area contributed by atoms with E-state index >= 15 is 4.39 Å². The fourth-order valence-electron chi connectivity index (χ4n) is 10.7. The fourth-order valence-corrected chi connectivity index (χ4v) is 10.7. The molecule has 4 aliphatic rings. The summed E-state index contributed by atoms with van der Waals surface area (Å²) in [7, 11) is 2.52. The first kappa shape index (κ1) is 48.2. The minimum absolute atomic E-state index is 0.161. The first-order valence-electron chi connectivity index (χ1n) is 24.8. The number of fused-ring (bicyclic) bond motifs is 6. The van der Waals surface area contributed by atoms with Gasteiger partial charge in [-0.25, -0.2) is 23.9 Å². The molecule has 0 saturated carbocycles. The molecule has 0 spiro atoms. The number of aryl methyl sites for hydroxylation is 1. The molecule has 19 heteroatoms. The molecule has 2 unspecified atom stereocenters. The number of aromatic amines is 2. The minimum Gasteiger partial charge on any atom is -0.493 e. The molecule has 4 amide bonds. The molecule has 18 nitrogen and oxygen atoms in total. The molecular formula is C53H60FN9O9. The van der Waals surface area contributed by atoms with Crippen molar-refractivity contribution in [1.29, 1.82) is 0 Å². The molecule has 0 bridgehead atoms. The van der Waals surface area contributed by atoms with Crippen molar-refractivity contribution < 1.29 is 47.3 Å². The van der Waals surface area contributed by atoms with Gasteiger partial charge in [-0.3, -0.25) is 9.59 Å². The van der Waals surface area contributed by atoms with Crippen molar-refractivity contribution >= 4 is 34.9 Å². The third-order valence-electron chi connectivity index (χ3n) is 14.4. The quantitative estimate of drug-likeness (QED) is 0.0865. The van der Waals surface area contributed by atoms with Crippen LogP contribution in [0.25, 0.3) is 44.7 Å². The topological polar surface area (TPSA) is 207 Å². The van der Waals surface area contributed by atoms with E-state index in [2.05, 4.69) is 26.7 Å². The molecule has 7 heterocycles. The number of H-pyrrole nitrogens is 2. The van der Waals surface area contributed by atoms with E-state index in [0.717, 1.165) is 58.3 Å². The lowest BCUT2D eigenvalue weighted by Gasteiger charge is -2.31. The van der Waals surface area contributed by atoms with Gasteiger partial charge in [0.1, 0.15) is 41.0 Å². The number of imidazole rings is 2. The Morgan fingerprint density at radius 2 is 1.44 bits per heavy atom. The predicted octanol–water partition coefficient (Wildman–Crippen LogP) is 8.35. The van der Waals surface area contributed by atoms with Crippen LogP contribution in [0.5, 0.6) is 11.5 Å². The molecule has 4 aliphatic heterocycles. The first-order valence-corrected chi connectivity index (χ1v) is 24.8. The van der Waals surface area contributed by atoms with Crippen molar-refractivity contribution in [2.75, 3.05) is 40.5 Å². The number of hydrogen-bond donors (Lipinski definition) is 4. The van der Waals surface area contributed by atoms with Crippen LogP contribution in [-0.2, 0) is 30.2 Å². The second-order valence-corrected chi connectivity index (χ2v) is 19.2. The number of halogens is 1. The number of nitrogens with one attached hydrogen (secondary N) is 4. The van der Waals surface area contributed by atoms with Crippen molar-refractivity contribution in [3.8, 4) is 45.3 Å². The summed E-state index contributed by atoms with van der Waals surface area (Å²) in [6.45, 7) is 9.27. The molecule has 6 atom stereocenters. The maximum Gasteiger partial charge on any atom is 0.407 e. The highest BCUT2D eigenvalue weighted by Crippen LogP contribution is 2.48. The SMILES string of the molecule is CCO[C@H](C)[C@H](NC(=O)OC)C(=O)N1CCC[C@H]1c1ncc(-c2cc(F)c3c(c2)OC(c2ccc4c(c2)OCCC4)n2c-3cc3cc(-c4cnc([C@@H]5CCCN5C(=O)C(NC(=O)OC)C(C)C)[nH]4)ccc32)[nH]1. The summed E-state index contributed by atoms with van der Waals surface area (Å²) >= 11 is 0. The van der Waals surface area contributed by atoms with Crippen LogP contribution in [0.1, 0.15) is 101 Å². The average molecular weight is 986 g/mol. The summed E-state index contributed by atoms with van der Waals surface area (Å²) in [6.07, 6.45) is 5.38. The summed E-state index contributed by atoms with van der Waals surface area (Å²) in [5.74, 6) is 1.16. The first-order chi connectivity index (χ1) is 34.8. The number of amides is 4. The molecule has 3 aromatic carbocycles. The Kier molecular flexibility index (Phi) is 13.4. The highest BCUT2D eigenvalue weighted by molar-refractivity contribution is 5.93. The molecule has 2 saturated heterocycles. The van der Waals surface area contributed by atoms with Gasteiger partial charge in [-0.15, -0.1) is 0 Å². The lowest BCUT2D eigenvalue weighted by molar-refractivity contribution is -0.138. The maximum absolute atomic E-state index is 17.0. The summed E-state index contributed by atoms with van der Waals surface area (Å²) in [5.41, 5.74) is 6.35. The van der Waals surface area contributed by atoms with Gasteiger partial charge in [-0.1, -0.05) is 32.0 Å². The van der Waals surface area contributed by atoms with Gasteiger partial charge in [0.15, 0.2) is 0 Å². The van der Waals surface area contributed by atoms with Gasteiger partial charge >= 0.3 is 12.2 Å². The number of methoxy groups -OCH3 is 2. The Morgan fingerprint density at radius 3 is 2.10 bits per heavy atom. The average Bonchev–Trinajstić information content (AvgIpc) is 4.25. The van der Waals surface area contributed by atoms with E-state index in [-0.39, 0.29) is 23.8 Å². The predicted molar refractivity (Wildman–Crippen MR) is 263 cm³/mol. The summed E-state index contributed by atoms with van der Waals surface area (Å²) < 4.78 is 47.5. The lowest BCUT2D eigenvalue weighted by Crippen LogP contribution is -2.54. The van der Waals surface area contributed by atoms with Gasteiger partial charge in [-0.2, -0.15) is 0 Å². The maximum atomic E-state index is 17.0. The summed E-state index contributed by atoms with van der Waals surface area (Å²) in [5, 5.41) is 6.20. The summed E-state index contributed by atoms with van der Waals surface area (Å²) in [4.78, 5) is 72.2. The molecule has 378 valence electrons. The van der Waals surface area contributed by atoms with Gasteiger partial charge in [0, 0.05) is 41.8 Å². The van der Waals surface area contributed by atoms with Crippen molar-refractivity contribution in [2.45, 2.75) is 103 Å². The molecule has 0 aliphatic carbocycles. The molecule has 3 aromatic heterocycles. The van der Waals surface area contributed by atoms with Crippen LogP contribution in [-0.4, -0.2) is 117 Å². The number of aromatic nitrogens is 5. The third kappa shape index (κ3) is 8.98. The van der Waals surface area contributed by atoms with E-state index in [1.165, 1.54) is 20.3 Å². The molecule has 72 heavy (non-hydrogen) atoms. The number of nitrogens with zero attached hydrogens (tertiary/aromatic N) is 5. The third-order valence-corrected chi connectivity index (χ3v) is 14.4. The molecule has 2 fully saturated rings. The Hall–Kier alpha value is -7.41. The van der Waals surface area contributed by atoms with Crippen LogP contribution in [0.4, 0.5) is 14.0 Å². The highest BCUT2D eigenvalue weighted by atomic mass is 19.1. The van der Waals surface area contributed by atoms with Crippen LogP contribution in [0, 0.1) is 11.7 Å². The molecular weight excluding hydrogens is 926 g/mol. The van der Waals surface area contributed by atoms with Gasteiger partial charge in [0.05, 0.1) is 79.6 Å². The molecule has 6 aromatic rings. The zero-order chi connectivity index (χ0) is 50.4. The highest BCUT2D eigenvalue weighted by Gasteiger charge is 2.41. The second kappa shape index (κ2) is 20.0. The normalized spacial score (nSPS) is 19.4. The van der Waals surface area contributed by atoms with Crippen molar-refractivity contribution in [3.05, 3.63) is 95.6 Å². The van der Waals surface area contributed by atoms with Gasteiger partial charge in [-0.05, 0) is 100 Å². The van der Waals surface area contributed by atoms with Crippen molar-refractivity contribution in [1.82, 2.24) is 44.9 Å². The molecule has 10 rings (SSSR count). The van der Waals surface area contributed by atoms with Crippen LogP contribution < -0.4 is 20.1 Å². The van der Waals surface area contributed by atoms with E-state index in [0.29, 0.717) is 85.5 Å². The number of alkyl carbamates (subject to hydrolysis) is 2. The van der Waals surface area contributed by atoms with Crippen LogP contribution >= 0.6 is 0 Å². The largest absolute Gasteiger partial charge is 0.493 e. The lowest BCUT2D eigenvalue weighted by atomic mass is 10.0. The Labute approximate surface area is 415 Å². The second-order valence-electron chi connectivity index (χ2n) is 19.2. The number of rotatable bonds is 13. The Bertz CT molecular complexity index is 3040. The number of hydrogen-bond acceptors (Lipinski definition) is 11. The van der Waals surface area contributed by atoms with E-state index in [4.69, 9.17) is 33.7 Å². The van der Waals surface area contributed by atoms with Crippen molar-refractivity contribution in [2.24, 2.45) is 5.92 Å². The number of ether oxygens (including phenoxy) is 5. The van der Waals surface area contributed by atoms with Crippen LogP contribution in [0.15, 0.2) is 67.0 Å². The van der Waals surface area contributed by atoms with Gasteiger partial charge in [0.2, 0.25) is 18.0 Å². The minimum atomic E-state index is -0.982. The monoisotopic (exact) mass is 985 g/mol. The van der Waals surface area contributed by atoms with Gasteiger partial charge < -0.3 is 58.7 Å². The molecule has 0 radical (unpaired) electrons.